The summed E-state index contributed by atoms with van der Waals surface area (Å²) >= 11 is 0. The number of nitrogens with zero attached hydrogens (tertiary/aromatic N) is 4. The molecule has 1 aromatic carbocycles. The molecule has 0 unspecified atom stereocenters. The van der Waals surface area contributed by atoms with Crippen molar-refractivity contribution in [3.8, 4) is 23.0 Å². The van der Waals surface area contributed by atoms with Gasteiger partial charge in [-0.3, -0.25) is 19.9 Å². The average molecular weight is 366 g/mol. The summed E-state index contributed by atoms with van der Waals surface area (Å²) in [6.07, 6.45) is 13.8. The number of hydrogen-bond acceptors (Lipinski definition) is 6. The van der Waals surface area contributed by atoms with E-state index in [0.29, 0.717) is 23.0 Å². The van der Waals surface area contributed by atoms with Crippen LogP contribution in [0.5, 0.6) is 23.0 Å². The number of pyridine rings is 4. The van der Waals surface area contributed by atoms with Gasteiger partial charge in [-0.05, 0) is 36.4 Å². The van der Waals surface area contributed by atoms with Crippen molar-refractivity contribution in [3.63, 3.8) is 0 Å². The van der Waals surface area contributed by atoms with Gasteiger partial charge >= 0.3 is 0 Å². The van der Waals surface area contributed by atoms with E-state index in [0.717, 1.165) is 21.5 Å². The summed E-state index contributed by atoms with van der Waals surface area (Å²) in [6, 6.07) is 11.1. The number of ether oxygens (including phenoxy) is 2. The van der Waals surface area contributed by atoms with Crippen molar-refractivity contribution >= 4 is 21.5 Å². The molecule has 0 amide bonds. The van der Waals surface area contributed by atoms with Gasteiger partial charge in [-0.1, -0.05) is 0 Å². The second kappa shape index (κ2) is 6.92. The van der Waals surface area contributed by atoms with Crippen molar-refractivity contribution < 1.29 is 9.47 Å². The molecule has 6 nitrogen and oxygen atoms in total. The van der Waals surface area contributed by atoms with Crippen LogP contribution < -0.4 is 9.47 Å². The maximum absolute atomic E-state index is 6.24. The summed E-state index contributed by atoms with van der Waals surface area (Å²) in [4.78, 5) is 16.7. The molecule has 0 atom stereocenters. The summed E-state index contributed by atoms with van der Waals surface area (Å²) in [5, 5.41) is 3.47. The maximum atomic E-state index is 6.24. The van der Waals surface area contributed by atoms with E-state index >= 15 is 0 Å². The Kier molecular flexibility index (Phi) is 3.99. The molecule has 4 heterocycles. The van der Waals surface area contributed by atoms with Crippen LogP contribution in [-0.2, 0) is 0 Å². The zero-order valence-corrected chi connectivity index (χ0v) is 14.7. The van der Waals surface area contributed by atoms with E-state index in [2.05, 4.69) is 19.9 Å². The second-order valence-electron chi connectivity index (χ2n) is 6.07. The first-order valence-electron chi connectivity index (χ1n) is 8.69. The molecule has 0 fully saturated rings. The van der Waals surface area contributed by atoms with E-state index in [-0.39, 0.29) is 0 Å². The first-order chi connectivity index (χ1) is 13.9. The Bertz CT molecular complexity index is 1100. The lowest BCUT2D eigenvalue weighted by molar-refractivity contribution is 0.484. The summed E-state index contributed by atoms with van der Waals surface area (Å²) in [5.41, 5.74) is 0. The lowest BCUT2D eigenvalue weighted by Gasteiger charge is -2.17. The van der Waals surface area contributed by atoms with Crippen molar-refractivity contribution in [2.75, 3.05) is 0 Å². The third-order valence-electron chi connectivity index (χ3n) is 4.36. The van der Waals surface area contributed by atoms with Gasteiger partial charge in [0.2, 0.25) is 0 Å². The summed E-state index contributed by atoms with van der Waals surface area (Å²) in [6.45, 7) is 0. The molecule has 0 saturated carbocycles. The van der Waals surface area contributed by atoms with Crippen molar-refractivity contribution in [2.24, 2.45) is 0 Å². The SMILES string of the molecule is c1cc(Oc2c3ccncc3c(Oc3ccncc3)c3ccncc23)ccn1. The van der Waals surface area contributed by atoms with E-state index in [1.165, 1.54) is 0 Å². The van der Waals surface area contributed by atoms with Crippen LogP contribution in [0.2, 0.25) is 0 Å². The predicted octanol–water partition coefficient (Wildman–Crippen LogP) is 5.16. The van der Waals surface area contributed by atoms with Gasteiger partial charge in [0, 0.05) is 71.1 Å². The minimum Gasteiger partial charge on any atom is -0.456 e. The highest BCUT2D eigenvalue weighted by Crippen LogP contribution is 2.44. The molecule has 6 heteroatoms. The first-order valence-corrected chi connectivity index (χ1v) is 8.69. The number of aromatic nitrogens is 4. The number of benzene rings is 1. The van der Waals surface area contributed by atoms with Crippen LogP contribution in [0.15, 0.2) is 86.0 Å². The van der Waals surface area contributed by atoms with Gasteiger partial charge in [-0.15, -0.1) is 0 Å². The zero-order chi connectivity index (χ0) is 18.8. The molecule has 0 saturated heterocycles. The molecule has 5 aromatic rings. The van der Waals surface area contributed by atoms with Gasteiger partial charge in [0.05, 0.1) is 0 Å². The molecular weight excluding hydrogens is 352 g/mol. The first kappa shape index (κ1) is 16.1. The quantitative estimate of drug-likeness (QED) is 0.409. The Morgan fingerprint density at radius 2 is 0.821 bits per heavy atom. The van der Waals surface area contributed by atoms with Gasteiger partial charge in [0.15, 0.2) is 0 Å². The van der Waals surface area contributed by atoms with Gasteiger partial charge in [-0.25, -0.2) is 0 Å². The molecule has 28 heavy (non-hydrogen) atoms. The fraction of sp³-hybridized carbons (Fsp3) is 0. The highest BCUT2D eigenvalue weighted by molar-refractivity contribution is 6.10. The fourth-order valence-electron chi connectivity index (χ4n) is 3.11. The van der Waals surface area contributed by atoms with Crippen molar-refractivity contribution in [2.45, 2.75) is 0 Å². The van der Waals surface area contributed by atoms with E-state index in [1.807, 2.05) is 36.4 Å². The molecule has 0 aliphatic rings. The zero-order valence-electron chi connectivity index (χ0n) is 14.7. The van der Waals surface area contributed by atoms with Crippen molar-refractivity contribution in [3.05, 3.63) is 86.0 Å². The average Bonchev–Trinajstić information content (AvgIpc) is 2.77. The third kappa shape index (κ3) is 2.87. The molecule has 0 bridgehead atoms. The molecule has 0 N–H and O–H groups in total. The number of fused-ring (bicyclic) bond motifs is 2. The molecule has 0 aliphatic carbocycles. The standard InChI is InChI=1S/C22H14N4O2/c1-7-23-8-2-15(1)27-21-17-5-11-26-14-20(17)22(18-6-12-25-13-19(18)21)28-16-3-9-24-10-4-16/h1-14H. The van der Waals surface area contributed by atoms with Crippen LogP contribution in [0.3, 0.4) is 0 Å². The molecular formula is C22H14N4O2. The monoisotopic (exact) mass is 366 g/mol. The van der Waals surface area contributed by atoms with Crippen LogP contribution in [0, 0.1) is 0 Å². The lowest BCUT2D eigenvalue weighted by atomic mass is 10.0. The Balaban J connectivity index is 1.78. The summed E-state index contributed by atoms with van der Waals surface area (Å²) < 4.78 is 12.5. The molecule has 5 rings (SSSR count). The molecule has 0 spiro atoms. The summed E-state index contributed by atoms with van der Waals surface area (Å²) in [7, 11) is 0. The molecule has 134 valence electrons. The topological polar surface area (TPSA) is 70.0 Å². The van der Waals surface area contributed by atoms with Crippen LogP contribution in [0.1, 0.15) is 0 Å². The molecule has 0 aliphatic heterocycles. The largest absolute Gasteiger partial charge is 0.456 e. The second-order valence-corrected chi connectivity index (χ2v) is 6.07. The minimum absolute atomic E-state index is 0.695. The fourth-order valence-corrected chi connectivity index (χ4v) is 3.11. The Morgan fingerprint density at radius 3 is 1.25 bits per heavy atom. The van der Waals surface area contributed by atoms with Gasteiger partial charge in [-0.2, -0.15) is 0 Å². The Morgan fingerprint density at radius 1 is 0.429 bits per heavy atom. The van der Waals surface area contributed by atoms with Crippen LogP contribution in [-0.4, -0.2) is 19.9 Å². The Hall–Kier alpha value is -4.06. The van der Waals surface area contributed by atoms with Crippen LogP contribution >= 0.6 is 0 Å². The van der Waals surface area contributed by atoms with E-state index in [9.17, 15) is 0 Å². The highest BCUT2D eigenvalue weighted by atomic mass is 16.5. The molecule has 4 aromatic heterocycles. The van der Waals surface area contributed by atoms with Crippen molar-refractivity contribution in [1.82, 2.24) is 19.9 Å². The van der Waals surface area contributed by atoms with Crippen LogP contribution in [0.4, 0.5) is 0 Å². The van der Waals surface area contributed by atoms with E-state index in [1.54, 1.807) is 49.6 Å². The van der Waals surface area contributed by atoms with Crippen molar-refractivity contribution in [1.29, 1.82) is 0 Å². The highest BCUT2D eigenvalue weighted by Gasteiger charge is 2.17. The van der Waals surface area contributed by atoms with Crippen LogP contribution in [0.25, 0.3) is 21.5 Å². The van der Waals surface area contributed by atoms with E-state index in [4.69, 9.17) is 9.47 Å². The normalized spacial score (nSPS) is 10.9. The Labute approximate surface area is 160 Å². The third-order valence-corrected chi connectivity index (χ3v) is 4.36. The smallest absolute Gasteiger partial charge is 0.145 e. The molecule has 0 radical (unpaired) electrons. The maximum Gasteiger partial charge on any atom is 0.145 e. The minimum atomic E-state index is 0.695. The lowest BCUT2D eigenvalue weighted by Crippen LogP contribution is -1.94. The predicted molar refractivity (Wildman–Crippen MR) is 106 cm³/mol. The number of hydrogen-bond donors (Lipinski definition) is 0. The summed E-state index contributed by atoms with van der Waals surface area (Å²) in [5.74, 6) is 2.80. The van der Waals surface area contributed by atoms with Gasteiger partial charge in [0.1, 0.15) is 23.0 Å². The van der Waals surface area contributed by atoms with Gasteiger partial charge in [0.25, 0.3) is 0 Å². The van der Waals surface area contributed by atoms with E-state index < -0.39 is 0 Å². The van der Waals surface area contributed by atoms with Gasteiger partial charge < -0.3 is 9.47 Å². The number of rotatable bonds is 4.